The summed E-state index contributed by atoms with van der Waals surface area (Å²) in [4.78, 5) is 17.2. The van der Waals surface area contributed by atoms with Gasteiger partial charge >= 0.3 is 0 Å². The first-order valence-electron chi connectivity index (χ1n) is 12.6. The molecule has 4 rings (SSSR count). The minimum atomic E-state index is -0.513. The zero-order valence-corrected chi connectivity index (χ0v) is 21.4. The lowest BCUT2D eigenvalue weighted by atomic mass is 10.1. The molecule has 3 aromatic rings. The first-order valence-corrected chi connectivity index (χ1v) is 12.6. The third kappa shape index (κ3) is 7.09. The molecule has 190 valence electrons. The molecule has 0 aliphatic carbocycles. The molecule has 36 heavy (non-hydrogen) atoms. The van der Waals surface area contributed by atoms with Crippen LogP contribution in [0.2, 0.25) is 0 Å². The van der Waals surface area contributed by atoms with E-state index in [2.05, 4.69) is 42.2 Å². The number of hydrogen-bond donors (Lipinski definition) is 0. The number of benzene rings is 3. The van der Waals surface area contributed by atoms with E-state index in [9.17, 15) is 4.79 Å². The number of piperazine rings is 1. The van der Waals surface area contributed by atoms with Gasteiger partial charge in [-0.1, -0.05) is 60.2 Å². The second-order valence-corrected chi connectivity index (χ2v) is 9.26. The van der Waals surface area contributed by atoms with Gasteiger partial charge in [-0.3, -0.25) is 9.69 Å². The van der Waals surface area contributed by atoms with E-state index in [4.69, 9.17) is 14.2 Å². The van der Waals surface area contributed by atoms with Crippen molar-refractivity contribution in [3.63, 3.8) is 0 Å². The van der Waals surface area contributed by atoms with E-state index in [0.29, 0.717) is 25.4 Å². The van der Waals surface area contributed by atoms with Crippen molar-refractivity contribution >= 4 is 5.91 Å². The Morgan fingerprint density at radius 1 is 0.889 bits per heavy atom. The lowest BCUT2D eigenvalue weighted by Gasteiger charge is -2.37. The van der Waals surface area contributed by atoms with Gasteiger partial charge in [0.25, 0.3) is 5.91 Å². The molecule has 1 amide bonds. The molecule has 2 atom stereocenters. The van der Waals surface area contributed by atoms with Crippen molar-refractivity contribution in [3.05, 3.63) is 95.6 Å². The third-order valence-electron chi connectivity index (χ3n) is 6.55. The number of methoxy groups -OCH3 is 1. The number of aryl methyl sites for hydroxylation is 1. The van der Waals surface area contributed by atoms with Crippen molar-refractivity contribution in [3.8, 4) is 11.5 Å². The summed E-state index contributed by atoms with van der Waals surface area (Å²) < 4.78 is 17.7. The lowest BCUT2D eigenvalue weighted by molar-refractivity contribution is -0.140. The second kappa shape index (κ2) is 12.6. The van der Waals surface area contributed by atoms with Crippen LogP contribution in [-0.4, -0.2) is 61.6 Å². The van der Waals surface area contributed by atoms with Crippen LogP contribution in [0.4, 0.5) is 0 Å². The summed E-state index contributed by atoms with van der Waals surface area (Å²) in [5.74, 6) is 1.56. The van der Waals surface area contributed by atoms with Gasteiger partial charge in [0.15, 0.2) is 6.10 Å². The number of amides is 1. The number of rotatable bonds is 10. The minimum absolute atomic E-state index is 0.0264. The Morgan fingerprint density at radius 3 is 2.28 bits per heavy atom. The maximum absolute atomic E-state index is 13.0. The smallest absolute Gasteiger partial charge is 0.263 e. The Labute approximate surface area is 214 Å². The van der Waals surface area contributed by atoms with Crippen LogP contribution in [0.25, 0.3) is 0 Å². The summed E-state index contributed by atoms with van der Waals surface area (Å²) in [6.07, 6.45) is -0.620. The highest BCUT2D eigenvalue weighted by Gasteiger charge is 2.27. The Hall–Kier alpha value is -3.35. The van der Waals surface area contributed by atoms with E-state index in [1.165, 1.54) is 5.56 Å². The van der Waals surface area contributed by atoms with E-state index in [1.807, 2.05) is 60.4 Å². The van der Waals surface area contributed by atoms with Gasteiger partial charge in [-0.2, -0.15) is 0 Å². The van der Waals surface area contributed by atoms with E-state index >= 15 is 0 Å². The van der Waals surface area contributed by atoms with Gasteiger partial charge in [0.2, 0.25) is 0 Å². The van der Waals surface area contributed by atoms with Crippen LogP contribution in [0.5, 0.6) is 11.5 Å². The molecule has 1 saturated heterocycles. The van der Waals surface area contributed by atoms with E-state index in [-0.39, 0.29) is 12.0 Å². The van der Waals surface area contributed by atoms with Crippen LogP contribution < -0.4 is 9.47 Å². The van der Waals surface area contributed by atoms with Crippen LogP contribution in [0.1, 0.15) is 29.7 Å². The third-order valence-corrected chi connectivity index (χ3v) is 6.55. The number of nitrogens with zero attached hydrogens (tertiary/aromatic N) is 2. The maximum atomic E-state index is 13.0. The first-order chi connectivity index (χ1) is 17.5. The fraction of sp³-hybridized carbons (Fsp3) is 0.367. The predicted molar refractivity (Wildman–Crippen MR) is 141 cm³/mol. The molecule has 0 spiro atoms. The number of carbonyl (C=O) groups excluding carboxylic acids is 1. The van der Waals surface area contributed by atoms with Gasteiger partial charge in [0.05, 0.1) is 19.8 Å². The SMILES string of the molecule is COc1cccc(C(CN2CCN(C(=O)C(C)Oc3ccccc3)CC2)OCc2ccc(C)cc2)c1. The average molecular weight is 489 g/mol. The molecule has 0 radical (unpaired) electrons. The van der Waals surface area contributed by atoms with Crippen molar-refractivity contribution in [1.29, 1.82) is 0 Å². The summed E-state index contributed by atoms with van der Waals surface area (Å²) in [6, 6.07) is 26.0. The van der Waals surface area contributed by atoms with E-state index in [0.717, 1.165) is 36.5 Å². The van der Waals surface area contributed by atoms with Crippen LogP contribution in [0.3, 0.4) is 0 Å². The highest BCUT2D eigenvalue weighted by atomic mass is 16.5. The molecule has 1 aliphatic heterocycles. The summed E-state index contributed by atoms with van der Waals surface area (Å²) in [6.45, 7) is 8.11. The van der Waals surface area contributed by atoms with Gasteiger partial charge in [-0.25, -0.2) is 0 Å². The Balaban J connectivity index is 1.35. The standard InChI is InChI=1S/C30H36N2O4/c1-23-12-14-25(15-13-23)22-35-29(26-8-7-11-28(20-26)34-3)21-31-16-18-32(19-17-31)30(33)24(2)36-27-9-5-4-6-10-27/h4-15,20,24,29H,16-19,21-22H2,1-3H3. The quantitative estimate of drug-likeness (QED) is 0.407. The topological polar surface area (TPSA) is 51.2 Å². The Morgan fingerprint density at radius 2 is 1.58 bits per heavy atom. The van der Waals surface area contributed by atoms with Crippen LogP contribution in [-0.2, 0) is 16.1 Å². The average Bonchev–Trinajstić information content (AvgIpc) is 2.92. The van der Waals surface area contributed by atoms with Gasteiger partial charge in [-0.05, 0) is 49.2 Å². The molecule has 1 fully saturated rings. The number of ether oxygens (including phenoxy) is 3. The van der Waals surface area contributed by atoms with Gasteiger partial charge in [0.1, 0.15) is 11.5 Å². The molecule has 0 N–H and O–H groups in total. The Kier molecular flexibility index (Phi) is 8.98. The molecule has 6 heteroatoms. The molecule has 3 aromatic carbocycles. The predicted octanol–water partition coefficient (Wildman–Crippen LogP) is 4.87. The zero-order chi connectivity index (χ0) is 25.3. The van der Waals surface area contributed by atoms with Crippen molar-refractivity contribution in [1.82, 2.24) is 9.80 Å². The molecule has 0 aromatic heterocycles. The molecule has 1 aliphatic rings. The number of hydrogen-bond acceptors (Lipinski definition) is 5. The fourth-order valence-corrected chi connectivity index (χ4v) is 4.37. The molecule has 1 heterocycles. The van der Waals surface area contributed by atoms with Crippen LogP contribution >= 0.6 is 0 Å². The van der Waals surface area contributed by atoms with Gasteiger partial charge in [0, 0.05) is 32.7 Å². The Bertz CT molecular complexity index is 1100. The normalized spacial score (nSPS) is 15.8. The molecular weight excluding hydrogens is 452 g/mol. The molecular formula is C30H36N2O4. The van der Waals surface area contributed by atoms with Crippen molar-refractivity contribution < 1.29 is 19.0 Å². The van der Waals surface area contributed by atoms with E-state index in [1.54, 1.807) is 7.11 Å². The molecule has 0 saturated carbocycles. The highest BCUT2D eigenvalue weighted by molar-refractivity contribution is 5.81. The lowest BCUT2D eigenvalue weighted by Crippen LogP contribution is -2.52. The number of carbonyl (C=O) groups is 1. The fourth-order valence-electron chi connectivity index (χ4n) is 4.37. The molecule has 6 nitrogen and oxygen atoms in total. The summed E-state index contributed by atoms with van der Waals surface area (Å²) >= 11 is 0. The highest BCUT2D eigenvalue weighted by Crippen LogP contribution is 2.25. The van der Waals surface area contributed by atoms with E-state index < -0.39 is 6.10 Å². The van der Waals surface area contributed by atoms with Gasteiger partial charge < -0.3 is 19.1 Å². The molecule has 2 unspecified atom stereocenters. The minimum Gasteiger partial charge on any atom is -0.497 e. The van der Waals surface area contributed by atoms with Crippen molar-refractivity contribution in [2.45, 2.75) is 32.7 Å². The summed E-state index contributed by atoms with van der Waals surface area (Å²) in [5, 5.41) is 0. The first kappa shape index (κ1) is 25.7. The van der Waals surface area contributed by atoms with Crippen molar-refractivity contribution in [2.24, 2.45) is 0 Å². The largest absolute Gasteiger partial charge is 0.497 e. The number of para-hydroxylation sites is 1. The summed E-state index contributed by atoms with van der Waals surface area (Å²) in [5.41, 5.74) is 3.47. The molecule has 0 bridgehead atoms. The van der Waals surface area contributed by atoms with Gasteiger partial charge in [-0.15, -0.1) is 0 Å². The maximum Gasteiger partial charge on any atom is 0.263 e. The monoisotopic (exact) mass is 488 g/mol. The van der Waals surface area contributed by atoms with Crippen molar-refractivity contribution in [2.75, 3.05) is 39.8 Å². The van der Waals surface area contributed by atoms with Crippen LogP contribution in [0.15, 0.2) is 78.9 Å². The zero-order valence-electron chi connectivity index (χ0n) is 21.4. The van der Waals surface area contributed by atoms with Crippen LogP contribution in [0, 0.1) is 6.92 Å². The second-order valence-electron chi connectivity index (χ2n) is 9.26. The summed E-state index contributed by atoms with van der Waals surface area (Å²) in [7, 11) is 1.68.